The molecule has 2 heterocycles. The highest BCUT2D eigenvalue weighted by Gasteiger charge is 2.10. The quantitative estimate of drug-likeness (QED) is 0.808. The predicted octanol–water partition coefficient (Wildman–Crippen LogP) is 3.42. The minimum atomic E-state index is 0.964. The van der Waals surface area contributed by atoms with Crippen molar-refractivity contribution in [3.05, 3.63) is 22.6 Å². The summed E-state index contributed by atoms with van der Waals surface area (Å²) in [6.45, 7) is 3.40. The highest BCUT2D eigenvalue weighted by Crippen LogP contribution is 2.17. The summed E-state index contributed by atoms with van der Waals surface area (Å²) in [5, 5.41) is 0. The van der Waals surface area contributed by atoms with Gasteiger partial charge in [0, 0.05) is 0 Å². The molecule has 2 rings (SSSR count). The molecule has 0 radical (unpaired) electrons. The third-order valence-corrected chi connectivity index (χ3v) is 3.12. The number of likely N-dealkylation sites (tertiary alicyclic amines) is 1. The number of furan rings is 1. The van der Waals surface area contributed by atoms with Crippen molar-refractivity contribution in [2.75, 3.05) is 13.1 Å². The lowest BCUT2D eigenvalue weighted by molar-refractivity contribution is 0.253. The predicted molar refractivity (Wildman–Crippen MR) is 60.2 cm³/mol. The van der Waals surface area contributed by atoms with Crippen molar-refractivity contribution >= 4 is 15.9 Å². The molecule has 0 unspecified atom stereocenters. The zero-order chi connectivity index (χ0) is 9.80. The first kappa shape index (κ1) is 10.2. The van der Waals surface area contributed by atoms with Crippen molar-refractivity contribution < 1.29 is 4.42 Å². The molecule has 0 spiro atoms. The molecule has 3 heteroatoms. The average molecular weight is 258 g/mol. The van der Waals surface area contributed by atoms with E-state index in [1.165, 1.54) is 38.8 Å². The van der Waals surface area contributed by atoms with E-state index < -0.39 is 0 Å². The zero-order valence-electron chi connectivity index (χ0n) is 8.34. The van der Waals surface area contributed by atoms with Crippen LogP contribution in [0.5, 0.6) is 0 Å². The zero-order valence-corrected chi connectivity index (χ0v) is 9.92. The Hall–Kier alpha value is -0.280. The van der Waals surface area contributed by atoms with Gasteiger partial charge < -0.3 is 4.42 Å². The van der Waals surface area contributed by atoms with E-state index in [-0.39, 0.29) is 0 Å². The fourth-order valence-electron chi connectivity index (χ4n) is 1.95. The Labute approximate surface area is 93.4 Å². The number of halogens is 1. The van der Waals surface area contributed by atoms with Gasteiger partial charge in [0.2, 0.25) is 0 Å². The molecule has 0 amide bonds. The van der Waals surface area contributed by atoms with Gasteiger partial charge in [-0.1, -0.05) is 12.8 Å². The molecule has 1 aliphatic heterocycles. The average Bonchev–Trinajstić information content (AvgIpc) is 2.43. The largest absolute Gasteiger partial charge is 0.467 e. The van der Waals surface area contributed by atoms with Crippen LogP contribution in [0.4, 0.5) is 0 Å². The van der Waals surface area contributed by atoms with Crippen molar-refractivity contribution in [2.45, 2.75) is 32.2 Å². The van der Waals surface area contributed by atoms with Gasteiger partial charge in [-0.15, -0.1) is 0 Å². The smallest absolute Gasteiger partial charge is 0.118 e. The number of hydrogen-bond donors (Lipinski definition) is 0. The molecule has 1 aromatic rings. The van der Waals surface area contributed by atoms with Gasteiger partial charge in [0.1, 0.15) is 12.0 Å². The van der Waals surface area contributed by atoms with E-state index in [1.54, 1.807) is 6.26 Å². The Morgan fingerprint density at radius 3 is 2.50 bits per heavy atom. The van der Waals surface area contributed by atoms with Gasteiger partial charge in [-0.2, -0.15) is 0 Å². The fourth-order valence-corrected chi connectivity index (χ4v) is 2.30. The van der Waals surface area contributed by atoms with Crippen LogP contribution < -0.4 is 0 Å². The van der Waals surface area contributed by atoms with E-state index in [2.05, 4.69) is 26.9 Å². The molecule has 2 nitrogen and oxygen atoms in total. The minimum absolute atomic E-state index is 0.964. The Kier molecular flexibility index (Phi) is 3.65. The lowest BCUT2D eigenvalue weighted by Crippen LogP contribution is -2.23. The van der Waals surface area contributed by atoms with Crippen molar-refractivity contribution in [3.63, 3.8) is 0 Å². The van der Waals surface area contributed by atoms with Crippen molar-refractivity contribution in [1.29, 1.82) is 0 Å². The van der Waals surface area contributed by atoms with Gasteiger partial charge in [0.15, 0.2) is 0 Å². The van der Waals surface area contributed by atoms with E-state index in [9.17, 15) is 0 Å². The first-order chi connectivity index (χ1) is 6.84. The summed E-state index contributed by atoms with van der Waals surface area (Å²) < 4.78 is 6.46. The van der Waals surface area contributed by atoms with Crippen LogP contribution in [-0.2, 0) is 6.54 Å². The summed E-state index contributed by atoms with van der Waals surface area (Å²) in [4.78, 5) is 2.48. The molecule has 0 bridgehead atoms. The topological polar surface area (TPSA) is 16.4 Å². The van der Waals surface area contributed by atoms with Gasteiger partial charge in [0.25, 0.3) is 0 Å². The highest BCUT2D eigenvalue weighted by atomic mass is 79.9. The molecule has 1 aromatic heterocycles. The van der Waals surface area contributed by atoms with E-state index >= 15 is 0 Å². The van der Waals surface area contributed by atoms with Gasteiger partial charge in [0.05, 0.1) is 11.0 Å². The molecule has 0 N–H and O–H groups in total. The summed E-state index contributed by atoms with van der Waals surface area (Å²) in [7, 11) is 0. The highest BCUT2D eigenvalue weighted by molar-refractivity contribution is 9.10. The standard InChI is InChI=1S/C11H16BrNO/c12-10-7-11(14-9-10)8-13-5-3-1-2-4-6-13/h7,9H,1-6,8H2. The van der Waals surface area contributed by atoms with Crippen LogP contribution in [-0.4, -0.2) is 18.0 Å². The SMILES string of the molecule is Brc1coc(CN2CCCCCC2)c1. The Bertz CT molecular complexity index is 277. The summed E-state index contributed by atoms with van der Waals surface area (Å²) in [5.41, 5.74) is 0. The molecule has 1 saturated heterocycles. The second-order valence-corrected chi connectivity index (χ2v) is 4.84. The maximum atomic E-state index is 5.42. The Morgan fingerprint density at radius 1 is 1.21 bits per heavy atom. The third-order valence-electron chi connectivity index (χ3n) is 2.70. The van der Waals surface area contributed by atoms with E-state index in [0.717, 1.165) is 16.8 Å². The van der Waals surface area contributed by atoms with Gasteiger partial charge >= 0.3 is 0 Å². The minimum Gasteiger partial charge on any atom is -0.467 e. The second-order valence-electron chi connectivity index (χ2n) is 3.92. The van der Waals surface area contributed by atoms with Gasteiger partial charge in [-0.05, 0) is 47.9 Å². The van der Waals surface area contributed by atoms with Crippen molar-refractivity contribution in [3.8, 4) is 0 Å². The van der Waals surface area contributed by atoms with Crippen LogP contribution >= 0.6 is 15.9 Å². The van der Waals surface area contributed by atoms with Gasteiger partial charge in [-0.3, -0.25) is 4.90 Å². The Morgan fingerprint density at radius 2 is 1.93 bits per heavy atom. The maximum absolute atomic E-state index is 5.42. The van der Waals surface area contributed by atoms with Crippen LogP contribution in [0.1, 0.15) is 31.4 Å². The van der Waals surface area contributed by atoms with Crippen LogP contribution in [0, 0.1) is 0 Å². The van der Waals surface area contributed by atoms with Crippen molar-refractivity contribution in [2.24, 2.45) is 0 Å². The first-order valence-corrected chi connectivity index (χ1v) is 6.09. The molecule has 1 aliphatic rings. The Balaban J connectivity index is 1.89. The fraction of sp³-hybridized carbons (Fsp3) is 0.636. The molecule has 78 valence electrons. The van der Waals surface area contributed by atoms with Gasteiger partial charge in [-0.25, -0.2) is 0 Å². The number of rotatable bonds is 2. The molecule has 0 aliphatic carbocycles. The molecule has 0 aromatic carbocycles. The maximum Gasteiger partial charge on any atom is 0.118 e. The van der Waals surface area contributed by atoms with Crippen molar-refractivity contribution in [1.82, 2.24) is 4.90 Å². The number of nitrogens with zero attached hydrogens (tertiary/aromatic N) is 1. The molecular weight excluding hydrogens is 242 g/mol. The molecule has 14 heavy (non-hydrogen) atoms. The number of hydrogen-bond acceptors (Lipinski definition) is 2. The monoisotopic (exact) mass is 257 g/mol. The summed E-state index contributed by atoms with van der Waals surface area (Å²) in [6, 6.07) is 2.06. The van der Waals surface area contributed by atoms with E-state index in [1.807, 2.05) is 0 Å². The van der Waals surface area contributed by atoms with E-state index in [4.69, 9.17) is 4.42 Å². The normalized spacial score (nSPS) is 19.5. The van der Waals surface area contributed by atoms with Crippen LogP contribution in [0.25, 0.3) is 0 Å². The second kappa shape index (κ2) is 4.99. The molecule has 1 fully saturated rings. The summed E-state index contributed by atoms with van der Waals surface area (Å²) in [6.07, 6.45) is 7.20. The summed E-state index contributed by atoms with van der Waals surface area (Å²) in [5.74, 6) is 1.07. The van der Waals surface area contributed by atoms with Crippen LogP contribution in [0.15, 0.2) is 21.2 Å². The van der Waals surface area contributed by atoms with Crippen LogP contribution in [0.3, 0.4) is 0 Å². The molecule has 0 saturated carbocycles. The van der Waals surface area contributed by atoms with E-state index in [0.29, 0.717) is 0 Å². The molecular formula is C11H16BrNO. The lowest BCUT2D eigenvalue weighted by Gasteiger charge is -2.17. The third kappa shape index (κ3) is 2.85. The van der Waals surface area contributed by atoms with Crippen LogP contribution in [0.2, 0.25) is 0 Å². The first-order valence-electron chi connectivity index (χ1n) is 5.30. The molecule has 0 atom stereocenters. The lowest BCUT2D eigenvalue weighted by atomic mass is 10.2. The summed E-state index contributed by atoms with van der Waals surface area (Å²) >= 11 is 3.40.